The van der Waals surface area contributed by atoms with Crippen LogP contribution < -0.4 is 5.32 Å². The van der Waals surface area contributed by atoms with Crippen molar-refractivity contribution in [2.45, 2.75) is 6.54 Å². The van der Waals surface area contributed by atoms with Crippen molar-refractivity contribution >= 4 is 23.4 Å². The second-order valence-corrected chi connectivity index (χ2v) is 5.92. The first-order valence-corrected chi connectivity index (χ1v) is 8.32. The first kappa shape index (κ1) is 19.0. The van der Waals surface area contributed by atoms with Gasteiger partial charge in [0.1, 0.15) is 0 Å². The summed E-state index contributed by atoms with van der Waals surface area (Å²) in [7, 11) is 1.59. The lowest BCUT2D eigenvalue weighted by molar-refractivity contribution is -0.131. The normalized spacial score (nSPS) is 10.3. The van der Waals surface area contributed by atoms with Gasteiger partial charge in [0.25, 0.3) is 5.91 Å². The first-order chi connectivity index (χ1) is 12.1. The quantitative estimate of drug-likeness (QED) is 0.787. The molecule has 0 aliphatic rings. The number of benzene rings is 2. The molecule has 2 aromatic carbocycles. The molecule has 0 aliphatic carbocycles. The number of halogens is 1. The van der Waals surface area contributed by atoms with Crippen molar-refractivity contribution in [2.75, 3.05) is 26.8 Å². The standard InChI is InChI=1S/C19H21ClN2O3/c1-25-11-10-22(14-15-6-3-2-4-7-15)18(23)13-21-19(24)16-8-5-9-17(20)12-16/h2-9,12H,10-11,13-14H2,1H3,(H,21,24). The van der Waals surface area contributed by atoms with E-state index in [1.807, 2.05) is 30.3 Å². The molecule has 0 aromatic heterocycles. The molecule has 0 radical (unpaired) electrons. The van der Waals surface area contributed by atoms with Crippen LogP contribution in [0, 0.1) is 0 Å². The number of methoxy groups -OCH3 is 1. The van der Waals surface area contributed by atoms with Gasteiger partial charge in [0, 0.05) is 30.8 Å². The molecule has 0 spiro atoms. The van der Waals surface area contributed by atoms with Crippen molar-refractivity contribution < 1.29 is 14.3 Å². The van der Waals surface area contributed by atoms with Crippen molar-refractivity contribution in [3.05, 3.63) is 70.7 Å². The first-order valence-electron chi connectivity index (χ1n) is 7.94. The predicted octanol–water partition coefficient (Wildman–Crippen LogP) is 2.75. The zero-order valence-corrected chi connectivity index (χ0v) is 14.8. The molecule has 0 unspecified atom stereocenters. The third-order valence-corrected chi connectivity index (χ3v) is 3.86. The average Bonchev–Trinajstić information content (AvgIpc) is 2.63. The highest BCUT2D eigenvalue weighted by molar-refractivity contribution is 6.30. The van der Waals surface area contributed by atoms with Gasteiger partial charge >= 0.3 is 0 Å². The van der Waals surface area contributed by atoms with Crippen LogP contribution >= 0.6 is 11.6 Å². The minimum absolute atomic E-state index is 0.0815. The van der Waals surface area contributed by atoms with Crippen LogP contribution in [-0.2, 0) is 16.1 Å². The van der Waals surface area contributed by atoms with Crippen LogP contribution in [-0.4, -0.2) is 43.5 Å². The molecule has 5 nitrogen and oxygen atoms in total. The Morgan fingerprint density at radius 2 is 1.88 bits per heavy atom. The van der Waals surface area contributed by atoms with Crippen LogP contribution in [0.1, 0.15) is 15.9 Å². The zero-order chi connectivity index (χ0) is 18.1. The Morgan fingerprint density at radius 1 is 1.12 bits per heavy atom. The Labute approximate surface area is 152 Å². The summed E-state index contributed by atoms with van der Waals surface area (Å²) in [5.74, 6) is -0.501. The molecule has 2 rings (SSSR count). The molecule has 25 heavy (non-hydrogen) atoms. The molecule has 0 aliphatic heterocycles. The molecule has 0 saturated carbocycles. The molecule has 2 amide bonds. The number of hydrogen-bond acceptors (Lipinski definition) is 3. The van der Waals surface area contributed by atoms with Crippen LogP contribution in [0.15, 0.2) is 54.6 Å². The fourth-order valence-corrected chi connectivity index (χ4v) is 2.49. The highest BCUT2D eigenvalue weighted by atomic mass is 35.5. The van der Waals surface area contributed by atoms with E-state index in [0.29, 0.717) is 30.3 Å². The van der Waals surface area contributed by atoms with E-state index in [1.54, 1.807) is 36.3 Å². The molecular weight excluding hydrogens is 340 g/mol. The van der Waals surface area contributed by atoms with E-state index in [4.69, 9.17) is 16.3 Å². The topological polar surface area (TPSA) is 58.6 Å². The maximum atomic E-state index is 12.5. The molecule has 132 valence electrons. The summed E-state index contributed by atoms with van der Waals surface area (Å²) in [6.07, 6.45) is 0. The summed E-state index contributed by atoms with van der Waals surface area (Å²) in [6, 6.07) is 16.3. The number of nitrogens with zero attached hydrogens (tertiary/aromatic N) is 1. The minimum Gasteiger partial charge on any atom is -0.383 e. The zero-order valence-electron chi connectivity index (χ0n) is 14.1. The monoisotopic (exact) mass is 360 g/mol. The summed E-state index contributed by atoms with van der Waals surface area (Å²) >= 11 is 5.88. The van der Waals surface area contributed by atoms with E-state index in [-0.39, 0.29) is 18.4 Å². The van der Waals surface area contributed by atoms with Crippen molar-refractivity contribution in [1.82, 2.24) is 10.2 Å². The average molecular weight is 361 g/mol. The highest BCUT2D eigenvalue weighted by Gasteiger charge is 2.15. The van der Waals surface area contributed by atoms with Crippen LogP contribution in [0.3, 0.4) is 0 Å². The lowest BCUT2D eigenvalue weighted by atomic mass is 10.2. The van der Waals surface area contributed by atoms with E-state index >= 15 is 0 Å². The Morgan fingerprint density at radius 3 is 2.56 bits per heavy atom. The maximum absolute atomic E-state index is 12.5. The van der Waals surface area contributed by atoms with Crippen molar-refractivity contribution in [2.24, 2.45) is 0 Å². The second-order valence-electron chi connectivity index (χ2n) is 5.49. The van der Waals surface area contributed by atoms with Crippen molar-refractivity contribution in [3.63, 3.8) is 0 Å². The van der Waals surface area contributed by atoms with Gasteiger partial charge in [-0.1, -0.05) is 48.0 Å². The van der Waals surface area contributed by atoms with Crippen molar-refractivity contribution in [3.8, 4) is 0 Å². The fourth-order valence-electron chi connectivity index (χ4n) is 2.30. The van der Waals surface area contributed by atoms with Gasteiger partial charge in [0.05, 0.1) is 13.2 Å². The molecule has 0 saturated heterocycles. The largest absolute Gasteiger partial charge is 0.383 e. The maximum Gasteiger partial charge on any atom is 0.251 e. The molecule has 2 aromatic rings. The van der Waals surface area contributed by atoms with Crippen LogP contribution in [0.25, 0.3) is 0 Å². The van der Waals surface area contributed by atoms with Gasteiger partial charge < -0.3 is 15.0 Å². The second kappa shape index (κ2) is 9.81. The van der Waals surface area contributed by atoms with Gasteiger partial charge in [-0.05, 0) is 23.8 Å². The van der Waals surface area contributed by atoms with E-state index in [1.165, 1.54) is 0 Å². The number of carbonyl (C=O) groups excluding carboxylic acids is 2. The van der Waals surface area contributed by atoms with E-state index in [9.17, 15) is 9.59 Å². The molecule has 0 heterocycles. The summed E-state index contributed by atoms with van der Waals surface area (Å²) in [4.78, 5) is 26.3. The highest BCUT2D eigenvalue weighted by Crippen LogP contribution is 2.10. The van der Waals surface area contributed by atoms with Crippen LogP contribution in [0.4, 0.5) is 0 Å². The number of rotatable bonds is 8. The summed E-state index contributed by atoms with van der Waals surface area (Å²) in [6.45, 7) is 1.27. The molecule has 0 atom stereocenters. The number of ether oxygens (including phenoxy) is 1. The Balaban J connectivity index is 1.95. The lowest BCUT2D eigenvalue weighted by Crippen LogP contribution is -2.41. The molecule has 0 bridgehead atoms. The van der Waals surface area contributed by atoms with Gasteiger partial charge in [0.2, 0.25) is 5.91 Å². The van der Waals surface area contributed by atoms with Gasteiger partial charge in [0.15, 0.2) is 0 Å². The van der Waals surface area contributed by atoms with E-state index < -0.39 is 0 Å². The van der Waals surface area contributed by atoms with E-state index in [0.717, 1.165) is 5.56 Å². The smallest absolute Gasteiger partial charge is 0.251 e. The van der Waals surface area contributed by atoms with Crippen LogP contribution in [0.5, 0.6) is 0 Å². The van der Waals surface area contributed by atoms with Gasteiger partial charge in [-0.3, -0.25) is 9.59 Å². The number of nitrogens with one attached hydrogen (secondary N) is 1. The Bertz CT molecular complexity index is 707. The third kappa shape index (κ3) is 6.21. The SMILES string of the molecule is COCCN(Cc1ccccc1)C(=O)CNC(=O)c1cccc(Cl)c1. The number of carbonyl (C=O) groups is 2. The number of amides is 2. The fraction of sp³-hybridized carbons (Fsp3) is 0.263. The van der Waals surface area contributed by atoms with Crippen molar-refractivity contribution in [1.29, 1.82) is 0 Å². The summed E-state index contributed by atoms with van der Waals surface area (Å²) < 4.78 is 5.07. The number of hydrogen-bond donors (Lipinski definition) is 1. The molecular formula is C19H21ClN2O3. The Hall–Kier alpha value is -2.37. The van der Waals surface area contributed by atoms with E-state index in [2.05, 4.69) is 5.32 Å². The Kier molecular flexibility index (Phi) is 7.44. The van der Waals surface area contributed by atoms with Gasteiger partial charge in [-0.25, -0.2) is 0 Å². The molecule has 0 fully saturated rings. The minimum atomic E-state index is -0.331. The summed E-state index contributed by atoms with van der Waals surface area (Å²) in [5, 5.41) is 3.12. The van der Waals surface area contributed by atoms with Gasteiger partial charge in [-0.15, -0.1) is 0 Å². The van der Waals surface area contributed by atoms with Crippen LogP contribution in [0.2, 0.25) is 5.02 Å². The summed E-state index contributed by atoms with van der Waals surface area (Å²) in [5.41, 5.74) is 1.44. The van der Waals surface area contributed by atoms with Gasteiger partial charge in [-0.2, -0.15) is 0 Å². The predicted molar refractivity (Wildman–Crippen MR) is 97.5 cm³/mol. The lowest BCUT2D eigenvalue weighted by Gasteiger charge is -2.22. The third-order valence-electron chi connectivity index (χ3n) is 3.62. The molecule has 6 heteroatoms. The molecule has 1 N–H and O–H groups in total.